The van der Waals surface area contributed by atoms with Crippen LogP contribution in [0.25, 0.3) is 0 Å². The lowest BCUT2D eigenvalue weighted by Crippen LogP contribution is -2.39. The molecule has 1 aromatic carbocycles. The molecule has 0 aliphatic heterocycles. The number of carbonyl (C=O) groups is 1. The summed E-state index contributed by atoms with van der Waals surface area (Å²) in [6.45, 7) is 3.22. The summed E-state index contributed by atoms with van der Waals surface area (Å²) in [6, 6.07) is 4.17. The van der Waals surface area contributed by atoms with Gasteiger partial charge >= 0.3 is 0 Å². The van der Waals surface area contributed by atoms with Crippen molar-refractivity contribution in [3.8, 4) is 5.75 Å². The van der Waals surface area contributed by atoms with E-state index in [9.17, 15) is 13.2 Å². The average Bonchev–Trinajstić information content (AvgIpc) is 2.36. The lowest BCUT2D eigenvalue weighted by molar-refractivity contribution is -0.120. The fourth-order valence-corrected chi connectivity index (χ4v) is 2.88. The van der Waals surface area contributed by atoms with Crippen molar-refractivity contribution in [2.45, 2.75) is 24.8 Å². The number of amides is 1. The van der Waals surface area contributed by atoms with Crippen LogP contribution in [0.4, 0.5) is 0 Å². The quantitative estimate of drug-likeness (QED) is 0.823. The Bertz CT molecular complexity index is 587. The molecule has 2 N–H and O–H groups in total. The van der Waals surface area contributed by atoms with Crippen molar-refractivity contribution < 1.29 is 17.9 Å². The number of methoxy groups -OCH3 is 1. The summed E-state index contributed by atoms with van der Waals surface area (Å²) in [5.74, 6) is -0.254. The highest BCUT2D eigenvalue weighted by Gasteiger charge is 2.20. The van der Waals surface area contributed by atoms with Crippen molar-refractivity contribution in [3.63, 3.8) is 0 Å². The van der Waals surface area contributed by atoms with Crippen molar-refractivity contribution >= 4 is 27.5 Å². The predicted molar refractivity (Wildman–Crippen MR) is 76.5 cm³/mol. The van der Waals surface area contributed by atoms with Gasteiger partial charge in [-0.15, -0.1) is 0 Å². The van der Waals surface area contributed by atoms with Gasteiger partial charge in [0, 0.05) is 11.1 Å². The number of hydrogen-bond donors (Lipinski definition) is 2. The normalized spacial score (nSPS) is 11.4. The Morgan fingerprint density at radius 3 is 2.60 bits per heavy atom. The highest BCUT2D eigenvalue weighted by molar-refractivity contribution is 7.89. The second kappa shape index (κ2) is 6.92. The van der Waals surface area contributed by atoms with E-state index in [1.54, 1.807) is 13.8 Å². The topological polar surface area (TPSA) is 84.5 Å². The molecular formula is C12H17ClN2O4S. The van der Waals surface area contributed by atoms with Crippen molar-refractivity contribution in [3.05, 3.63) is 23.2 Å². The first-order valence-corrected chi connectivity index (χ1v) is 7.75. The van der Waals surface area contributed by atoms with Crippen LogP contribution in [0.1, 0.15) is 13.8 Å². The molecule has 0 heterocycles. The minimum Gasteiger partial charge on any atom is -0.495 e. The van der Waals surface area contributed by atoms with Crippen molar-refractivity contribution in [2.24, 2.45) is 0 Å². The van der Waals surface area contributed by atoms with Gasteiger partial charge in [-0.05, 0) is 32.0 Å². The molecule has 0 aliphatic rings. The molecule has 0 fully saturated rings. The summed E-state index contributed by atoms with van der Waals surface area (Å²) in [7, 11) is -2.52. The molecular weight excluding hydrogens is 304 g/mol. The maximum atomic E-state index is 12.1. The Labute approximate surface area is 123 Å². The molecule has 0 aliphatic carbocycles. The molecule has 20 heavy (non-hydrogen) atoms. The standard InChI is InChI=1S/C12H17ClN2O4S/c1-8(2)15-12(16)7-14-20(17,18)11-6-9(13)4-5-10(11)19-3/h4-6,8,14H,7H2,1-3H3,(H,15,16). The number of halogens is 1. The van der Waals surface area contributed by atoms with E-state index in [1.165, 1.54) is 25.3 Å². The molecule has 0 atom stereocenters. The summed E-state index contributed by atoms with van der Waals surface area (Å²) in [6.07, 6.45) is 0. The Morgan fingerprint density at radius 2 is 2.05 bits per heavy atom. The van der Waals surface area contributed by atoms with Crippen LogP contribution in [-0.4, -0.2) is 34.0 Å². The Kier molecular flexibility index (Phi) is 5.79. The van der Waals surface area contributed by atoms with Gasteiger partial charge in [0.1, 0.15) is 10.6 Å². The minimum absolute atomic E-state index is 0.0623. The lowest BCUT2D eigenvalue weighted by atomic mass is 10.3. The summed E-state index contributed by atoms with van der Waals surface area (Å²) in [5, 5.41) is 2.85. The maximum absolute atomic E-state index is 12.1. The molecule has 6 nitrogen and oxygen atoms in total. The first-order chi connectivity index (χ1) is 9.26. The Morgan fingerprint density at radius 1 is 1.40 bits per heavy atom. The zero-order valence-electron chi connectivity index (χ0n) is 11.4. The SMILES string of the molecule is COc1ccc(Cl)cc1S(=O)(=O)NCC(=O)NC(C)C. The molecule has 112 valence electrons. The van der Waals surface area contributed by atoms with Gasteiger partial charge in [0.15, 0.2) is 0 Å². The van der Waals surface area contributed by atoms with Gasteiger partial charge in [-0.25, -0.2) is 13.1 Å². The molecule has 0 aromatic heterocycles. The number of ether oxygens (including phenoxy) is 1. The second-order valence-corrected chi connectivity index (χ2v) is 6.51. The monoisotopic (exact) mass is 320 g/mol. The van der Waals surface area contributed by atoms with Gasteiger partial charge in [-0.2, -0.15) is 0 Å². The van der Waals surface area contributed by atoms with Gasteiger partial charge in [-0.1, -0.05) is 11.6 Å². The molecule has 0 bridgehead atoms. The minimum atomic E-state index is -3.88. The first-order valence-electron chi connectivity index (χ1n) is 5.89. The average molecular weight is 321 g/mol. The lowest BCUT2D eigenvalue weighted by Gasteiger charge is -2.12. The van der Waals surface area contributed by atoms with Crippen LogP contribution >= 0.6 is 11.6 Å². The van der Waals surface area contributed by atoms with Crippen LogP contribution in [0.5, 0.6) is 5.75 Å². The molecule has 8 heteroatoms. The van der Waals surface area contributed by atoms with E-state index < -0.39 is 15.9 Å². The van der Waals surface area contributed by atoms with Crippen molar-refractivity contribution in [1.82, 2.24) is 10.0 Å². The number of nitrogens with one attached hydrogen (secondary N) is 2. The third-order valence-corrected chi connectivity index (χ3v) is 3.95. The van der Waals surface area contributed by atoms with Crippen LogP contribution in [0.2, 0.25) is 5.02 Å². The van der Waals surface area contributed by atoms with E-state index in [-0.39, 0.29) is 28.3 Å². The van der Waals surface area contributed by atoms with Gasteiger partial charge in [-0.3, -0.25) is 4.79 Å². The van der Waals surface area contributed by atoms with E-state index in [0.717, 1.165) is 0 Å². The number of hydrogen-bond acceptors (Lipinski definition) is 4. The molecule has 1 rings (SSSR count). The van der Waals surface area contributed by atoms with Crippen LogP contribution in [0, 0.1) is 0 Å². The summed E-state index contributed by atoms with van der Waals surface area (Å²) in [4.78, 5) is 11.4. The van der Waals surface area contributed by atoms with Crippen LogP contribution in [0.3, 0.4) is 0 Å². The maximum Gasteiger partial charge on any atom is 0.244 e. The summed E-state index contributed by atoms with van der Waals surface area (Å²) >= 11 is 5.78. The molecule has 0 unspecified atom stereocenters. The fraction of sp³-hybridized carbons (Fsp3) is 0.417. The number of carbonyl (C=O) groups excluding carboxylic acids is 1. The molecule has 0 radical (unpaired) electrons. The van der Waals surface area contributed by atoms with E-state index in [1.807, 2.05) is 0 Å². The number of rotatable bonds is 6. The summed E-state index contributed by atoms with van der Waals surface area (Å²) in [5.41, 5.74) is 0. The van der Waals surface area contributed by atoms with Crippen LogP contribution in [0.15, 0.2) is 23.1 Å². The third kappa shape index (κ3) is 4.66. The van der Waals surface area contributed by atoms with Gasteiger partial charge in [0.05, 0.1) is 13.7 Å². The van der Waals surface area contributed by atoms with Gasteiger partial charge in [0.2, 0.25) is 15.9 Å². The van der Waals surface area contributed by atoms with Crippen molar-refractivity contribution in [1.29, 1.82) is 0 Å². The molecule has 1 amide bonds. The van der Waals surface area contributed by atoms with Crippen molar-refractivity contribution in [2.75, 3.05) is 13.7 Å². The summed E-state index contributed by atoms with van der Waals surface area (Å²) < 4.78 is 31.4. The Hall–Kier alpha value is -1.31. The molecule has 1 aromatic rings. The van der Waals surface area contributed by atoms with E-state index >= 15 is 0 Å². The third-order valence-electron chi connectivity index (χ3n) is 2.29. The molecule has 0 saturated heterocycles. The largest absolute Gasteiger partial charge is 0.495 e. The van der Waals surface area contributed by atoms with Crippen LogP contribution < -0.4 is 14.8 Å². The van der Waals surface area contributed by atoms with Gasteiger partial charge in [0.25, 0.3) is 0 Å². The fourth-order valence-electron chi connectivity index (χ4n) is 1.47. The van der Waals surface area contributed by atoms with E-state index in [2.05, 4.69) is 10.0 Å². The second-order valence-electron chi connectivity index (χ2n) is 4.34. The van der Waals surface area contributed by atoms with E-state index in [0.29, 0.717) is 0 Å². The molecule has 0 saturated carbocycles. The van der Waals surface area contributed by atoms with E-state index in [4.69, 9.17) is 16.3 Å². The Balaban J connectivity index is 2.89. The highest BCUT2D eigenvalue weighted by atomic mass is 35.5. The number of benzene rings is 1. The number of sulfonamides is 1. The smallest absolute Gasteiger partial charge is 0.244 e. The zero-order valence-corrected chi connectivity index (χ0v) is 13.0. The highest BCUT2D eigenvalue weighted by Crippen LogP contribution is 2.26. The van der Waals surface area contributed by atoms with Gasteiger partial charge < -0.3 is 10.1 Å². The predicted octanol–water partition coefficient (Wildman–Crippen LogP) is 1.15. The zero-order chi connectivity index (χ0) is 15.3. The van der Waals surface area contributed by atoms with Crippen LogP contribution in [-0.2, 0) is 14.8 Å². The molecule has 0 spiro atoms. The first kappa shape index (κ1) is 16.7.